The molecule has 0 saturated heterocycles. The van der Waals surface area contributed by atoms with Gasteiger partial charge < -0.3 is 12.9 Å². The summed E-state index contributed by atoms with van der Waals surface area (Å²) in [5.74, 6) is 0. The Morgan fingerprint density at radius 2 is 1.71 bits per heavy atom. The molecule has 0 amide bonds. The maximum atomic E-state index is 12.3. The van der Waals surface area contributed by atoms with Crippen LogP contribution in [0.5, 0.6) is 0 Å². The van der Waals surface area contributed by atoms with Gasteiger partial charge in [0.1, 0.15) is 0 Å². The monoisotopic (exact) mass is 264 g/mol. The van der Waals surface area contributed by atoms with Gasteiger partial charge in [0.25, 0.3) is 0 Å². The molecule has 0 aliphatic carbocycles. The molecule has 0 N–H and O–H groups in total. The topological polar surface area (TPSA) is 17.8 Å². The number of hydrogen-bond donors (Lipinski definition) is 0. The SMILES string of the molecule is F[B-](F)(F)c1ccn(Cc2ccccc2)n1.[K+]. The standard InChI is InChI=1S/C10H9BF3N2.K/c12-11(13,14)10-6-7-16(15-10)8-9-4-2-1-3-5-9;/h1-7H,8H2;/q-1;+1. The van der Waals surface area contributed by atoms with Crippen molar-refractivity contribution in [3.63, 3.8) is 0 Å². The molecule has 0 aliphatic heterocycles. The number of aromatic nitrogens is 2. The predicted molar refractivity (Wildman–Crippen MR) is 56.5 cm³/mol. The molecule has 1 heterocycles. The zero-order valence-corrected chi connectivity index (χ0v) is 12.5. The van der Waals surface area contributed by atoms with Gasteiger partial charge >= 0.3 is 58.4 Å². The van der Waals surface area contributed by atoms with E-state index < -0.39 is 12.6 Å². The second-order valence-electron chi connectivity index (χ2n) is 3.50. The quantitative estimate of drug-likeness (QED) is 0.650. The van der Waals surface area contributed by atoms with E-state index >= 15 is 0 Å². The largest absolute Gasteiger partial charge is 1.00 e. The first-order valence-corrected chi connectivity index (χ1v) is 4.83. The van der Waals surface area contributed by atoms with Gasteiger partial charge in [-0.3, -0.25) is 4.68 Å². The van der Waals surface area contributed by atoms with E-state index in [1.54, 1.807) is 0 Å². The van der Waals surface area contributed by atoms with E-state index in [2.05, 4.69) is 5.10 Å². The molecule has 1 aromatic heterocycles. The van der Waals surface area contributed by atoms with Crippen molar-refractivity contribution in [1.82, 2.24) is 9.78 Å². The first kappa shape index (κ1) is 15.0. The summed E-state index contributed by atoms with van der Waals surface area (Å²) in [6.45, 7) is -4.64. The van der Waals surface area contributed by atoms with Crippen LogP contribution in [-0.2, 0) is 6.54 Å². The number of rotatable bonds is 3. The molecule has 17 heavy (non-hydrogen) atoms. The Labute approximate surface area is 140 Å². The summed E-state index contributed by atoms with van der Waals surface area (Å²) in [7, 11) is 0. The molecular formula is C10H9BF3KN2. The zero-order chi connectivity index (χ0) is 11.6. The zero-order valence-electron chi connectivity index (χ0n) is 9.35. The molecule has 0 fully saturated rings. The third-order valence-corrected chi connectivity index (χ3v) is 2.18. The van der Waals surface area contributed by atoms with E-state index in [9.17, 15) is 12.9 Å². The van der Waals surface area contributed by atoms with Gasteiger partial charge in [-0.05, 0) is 5.56 Å². The minimum absolute atomic E-state index is 0. The predicted octanol–water partition coefficient (Wildman–Crippen LogP) is -1.01. The molecule has 2 aromatic rings. The van der Waals surface area contributed by atoms with E-state index in [1.165, 1.54) is 10.9 Å². The van der Waals surface area contributed by atoms with Crippen LogP contribution in [0.3, 0.4) is 0 Å². The van der Waals surface area contributed by atoms with Crippen LogP contribution >= 0.6 is 0 Å². The molecule has 1 aromatic carbocycles. The van der Waals surface area contributed by atoms with E-state index in [4.69, 9.17) is 0 Å². The van der Waals surface area contributed by atoms with Crippen LogP contribution < -0.4 is 57.0 Å². The smallest absolute Gasteiger partial charge is 0.444 e. The van der Waals surface area contributed by atoms with Crippen LogP contribution in [0.2, 0.25) is 0 Å². The Bertz CT molecular complexity index is 470. The van der Waals surface area contributed by atoms with Crippen molar-refractivity contribution in [2.45, 2.75) is 6.54 Å². The minimum atomic E-state index is -5.00. The number of nitrogens with zero attached hydrogens (tertiary/aromatic N) is 2. The van der Waals surface area contributed by atoms with Crippen molar-refractivity contribution < 1.29 is 64.3 Å². The van der Waals surface area contributed by atoms with E-state index in [0.717, 1.165) is 11.6 Å². The fourth-order valence-electron chi connectivity index (χ4n) is 1.41. The van der Waals surface area contributed by atoms with Crippen molar-refractivity contribution in [2.75, 3.05) is 0 Å². The van der Waals surface area contributed by atoms with Crippen molar-refractivity contribution in [2.24, 2.45) is 0 Å². The summed E-state index contributed by atoms with van der Waals surface area (Å²) >= 11 is 0. The molecule has 0 aliphatic rings. The van der Waals surface area contributed by atoms with Gasteiger partial charge in [-0.15, -0.1) is 0 Å². The number of hydrogen-bond acceptors (Lipinski definition) is 1. The Kier molecular flexibility index (Phi) is 5.46. The van der Waals surface area contributed by atoms with Gasteiger partial charge in [0.15, 0.2) is 0 Å². The van der Waals surface area contributed by atoms with Crippen LogP contribution in [0, 0.1) is 0 Å². The second-order valence-corrected chi connectivity index (χ2v) is 3.50. The summed E-state index contributed by atoms with van der Waals surface area (Å²) in [5, 5.41) is 3.50. The Morgan fingerprint density at radius 3 is 2.24 bits per heavy atom. The molecule has 0 atom stereocenters. The third kappa shape index (κ3) is 4.26. The fourth-order valence-corrected chi connectivity index (χ4v) is 1.41. The van der Waals surface area contributed by atoms with Crippen molar-refractivity contribution in [3.05, 3.63) is 48.2 Å². The van der Waals surface area contributed by atoms with Crippen LogP contribution in [0.4, 0.5) is 12.9 Å². The fraction of sp³-hybridized carbons (Fsp3) is 0.100. The molecule has 0 unspecified atom stereocenters. The van der Waals surface area contributed by atoms with E-state index in [-0.39, 0.29) is 51.4 Å². The summed E-state index contributed by atoms with van der Waals surface area (Å²) in [5.41, 5.74) is 0.128. The average Bonchev–Trinajstić information content (AvgIpc) is 2.67. The third-order valence-electron chi connectivity index (χ3n) is 2.18. The molecule has 2 rings (SSSR count). The Morgan fingerprint density at radius 1 is 1.06 bits per heavy atom. The molecule has 0 radical (unpaired) electrons. The van der Waals surface area contributed by atoms with Crippen molar-refractivity contribution in [1.29, 1.82) is 0 Å². The molecule has 0 saturated carbocycles. The summed E-state index contributed by atoms with van der Waals surface area (Å²) in [4.78, 5) is 0. The van der Waals surface area contributed by atoms with Crippen LogP contribution in [0.25, 0.3) is 0 Å². The Balaban J connectivity index is 0.00000144. The van der Waals surface area contributed by atoms with Gasteiger partial charge in [-0.25, -0.2) is 5.10 Å². The molecule has 0 spiro atoms. The first-order chi connectivity index (χ1) is 7.55. The maximum absolute atomic E-state index is 12.3. The van der Waals surface area contributed by atoms with Crippen LogP contribution in [-0.4, -0.2) is 16.8 Å². The van der Waals surface area contributed by atoms with Gasteiger partial charge in [0.2, 0.25) is 0 Å². The minimum Gasteiger partial charge on any atom is -0.444 e. The summed E-state index contributed by atoms with van der Waals surface area (Å²) in [6, 6.07) is 10.2. The molecular weight excluding hydrogens is 255 g/mol. The first-order valence-electron chi connectivity index (χ1n) is 4.83. The van der Waals surface area contributed by atoms with Gasteiger partial charge in [-0.1, -0.05) is 36.4 Å². The summed E-state index contributed by atoms with van der Waals surface area (Å²) in [6.07, 6.45) is 1.34. The van der Waals surface area contributed by atoms with Gasteiger partial charge in [-0.2, -0.15) is 0 Å². The molecule has 7 heteroatoms. The average molecular weight is 264 g/mol. The van der Waals surface area contributed by atoms with Gasteiger partial charge in [0, 0.05) is 11.8 Å². The van der Waals surface area contributed by atoms with Gasteiger partial charge in [0.05, 0.1) is 6.54 Å². The molecule has 2 nitrogen and oxygen atoms in total. The number of benzene rings is 1. The maximum Gasteiger partial charge on any atom is 1.00 e. The van der Waals surface area contributed by atoms with Crippen molar-refractivity contribution in [3.8, 4) is 0 Å². The summed E-state index contributed by atoms with van der Waals surface area (Å²) < 4.78 is 38.3. The van der Waals surface area contributed by atoms with Crippen LogP contribution in [0.15, 0.2) is 42.6 Å². The van der Waals surface area contributed by atoms with E-state index in [0.29, 0.717) is 6.54 Å². The normalized spacial score (nSPS) is 11.0. The number of halogens is 3. The van der Waals surface area contributed by atoms with E-state index in [1.807, 2.05) is 30.3 Å². The van der Waals surface area contributed by atoms with Crippen molar-refractivity contribution >= 4 is 12.6 Å². The molecule has 0 bridgehead atoms. The molecule has 84 valence electrons. The second kappa shape index (κ2) is 6.19. The Hall–Kier alpha value is -0.0787. The van der Waals surface area contributed by atoms with Crippen LogP contribution in [0.1, 0.15) is 5.56 Å².